The normalized spacial score (nSPS) is 15.1. The molecule has 0 fully saturated rings. The van der Waals surface area contributed by atoms with Crippen LogP contribution < -0.4 is 19.7 Å². The van der Waals surface area contributed by atoms with Gasteiger partial charge in [0.2, 0.25) is 12.7 Å². The topological polar surface area (TPSA) is 104 Å². The fourth-order valence-electron chi connectivity index (χ4n) is 3.63. The third-order valence-corrected chi connectivity index (χ3v) is 6.39. The number of anilines is 2. The Morgan fingerprint density at radius 2 is 1.86 bits per heavy atom. The van der Waals surface area contributed by atoms with Gasteiger partial charge in [0.15, 0.2) is 16.7 Å². The molecule has 0 unspecified atom stereocenters. The lowest BCUT2D eigenvalue weighted by Gasteiger charge is -2.18. The van der Waals surface area contributed by atoms with Gasteiger partial charge in [0.1, 0.15) is 5.70 Å². The summed E-state index contributed by atoms with van der Waals surface area (Å²) in [5.74, 6) is 0.780. The van der Waals surface area contributed by atoms with E-state index in [1.165, 1.54) is 16.7 Å². The zero-order chi connectivity index (χ0) is 25.1. The molecular formula is C27H20N4O4S. The Balaban J connectivity index is 1.37. The van der Waals surface area contributed by atoms with Crippen molar-refractivity contribution in [2.75, 3.05) is 22.8 Å². The van der Waals surface area contributed by atoms with Gasteiger partial charge in [-0.2, -0.15) is 5.26 Å². The summed E-state index contributed by atoms with van der Waals surface area (Å²) in [6.45, 7) is 2.14. The highest BCUT2D eigenvalue weighted by atomic mass is 32.2. The number of nitrogens with zero attached hydrogens (tertiary/aromatic N) is 3. The summed E-state index contributed by atoms with van der Waals surface area (Å²) in [5, 5.41) is 12.1. The SMILES string of the molecule is Cc1ccc(N2C(=O)C(=Cc3ccc4c(c3)OCO4)N=C2SCC(=O)Nc2ccc(C#N)cc2)cc1. The largest absolute Gasteiger partial charge is 0.454 e. The highest BCUT2D eigenvalue weighted by molar-refractivity contribution is 8.14. The summed E-state index contributed by atoms with van der Waals surface area (Å²) < 4.78 is 10.8. The third-order valence-electron chi connectivity index (χ3n) is 5.45. The highest BCUT2D eigenvalue weighted by Gasteiger charge is 2.32. The van der Waals surface area contributed by atoms with E-state index in [4.69, 9.17) is 14.7 Å². The van der Waals surface area contributed by atoms with Gasteiger partial charge in [-0.25, -0.2) is 4.99 Å². The molecule has 0 atom stereocenters. The van der Waals surface area contributed by atoms with Gasteiger partial charge in [-0.1, -0.05) is 35.5 Å². The third kappa shape index (κ3) is 4.94. The molecule has 36 heavy (non-hydrogen) atoms. The summed E-state index contributed by atoms with van der Waals surface area (Å²) in [4.78, 5) is 32.0. The summed E-state index contributed by atoms with van der Waals surface area (Å²) in [5.41, 5.74) is 3.83. The summed E-state index contributed by atoms with van der Waals surface area (Å²) in [6, 6.07) is 21.6. The Morgan fingerprint density at radius 1 is 1.11 bits per heavy atom. The fraction of sp³-hybridized carbons (Fsp3) is 0.111. The standard InChI is InChI=1S/C27H20N4O4S/c1-17-2-9-21(10-3-17)31-26(33)22(12-19-6-11-23-24(13-19)35-16-34-23)30-27(31)36-15-25(32)29-20-7-4-18(14-28)5-8-20/h2-13H,15-16H2,1H3,(H,29,32). The molecule has 2 heterocycles. The first-order valence-corrected chi connectivity index (χ1v) is 12.0. The molecule has 2 aliphatic rings. The molecule has 0 radical (unpaired) electrons. The molecule has 0 saturated heterocycles. The fourth-order valence-corrected chi connectivity index (χ4v) is 4.44. The van der Waals surface area contributed by atoms with Crippen molar-refractivity contribution in [1.29, 1.82) is 5.26 Å². The molecule has 5 rings (SSSR count). The van der Waals surface area contributed by atoms with E-state index in [0.717, 1.165) is 11.1 Å². The maximum atomic E-state index is 13.4. The van der Waals surface area contributed by atoms with Crippen LogP contribution in [0.25, 0.3) is 6.08 Å². The minimum Gasteiger partial charge on any atom is -0.454 e. The highest BCUT2D eigenvalue weighted by Crippen LogP contribution is 2.34. The summed E-state index contributed by atoms with van der Waals surface area (Å²) in [6.07, 6.45) is 1.69. The molecule has 0 aliphatic carbocycles. The zero-order valence-corrected chi connectivity index (χ0v) is 20.0. The minimum absolute atomic E-state index is 0.0474. The van der Waals surface area contributed by atoms with E-state index in [1.54, 1.807) is 42.5 Å². The van der Waals surface area contributed by atoms with Gasteiger partial charge < -0.3 is 14.8 Å². The average Bonchev–Trinajstić information content (AvgIpc) is 3.48. The Morgan fingerprint density at radius 3 is 2.61 bits per heavy atom. The lowest BCUT2D eigenvalue weighted by molar-refractivity contribution is -0.114. The van der Waals surface area contributed by atoms with Crippen molar-refractivity contribution in [1.82, 2.24) is 0 Å². The molecule has 0 bridgehead atoms. The Hall–Kier alpha value is -4.55. The molecular weight excluding hydrogens is 476 g/mol. The molecule has 3 aromatic carbocycles. The van der Waals surface area contributed by atoms with Crippen LogP contribution in [0.15, 0.2) is 77.4 Å². The number of amides is 2. The van der Waals surface area contributed by atoms with Crippen molar-refractivity contribution in [3.8, 4) is 17.6 Å². The number of hydrogen-bond acceptors (Lipinski definition) is 7. The van der Waals surface area contributed by atoms with Crippen molar-refractivity contribution in [2.24, 2.45) is 4.99 Å². The van der Waals surface area contributed by atoms with Crippen molar-refractivity contribution in [3.05, 3.63) is 89.1 Å². The van der Waals surface area contributed by atoms with E-state index in [9.17, 15) is 9.59 Å². The lowest BCUT2D eigenvalue weighted by Crippen LogP contribution is -2.31. The molecule has 0 saturated carbocycles. The molecule has 2 amide bonds. The van der Waals surface area contributed by atoms with Crippen LogP contribution in [-0.2, 0) is 9.59 Å². The van der Waals surface area contributed by atoms with Crippen LogP contribution in [-0.4, -0.2) is 29.5 Å². The quantitative estimate of drug-likeness (QED) is 0.513. The maximum absolute atomic E-state index is 13.4. The van der Waals surface area contributed by atoms with Crippen LogP contribution in [0.3, 0.4) is 0 Å². The maximum Gasteiger partial charge on any atom is 0.283 e. The summed E-state index contributed by atoms with van der Waals surface area (Å²) in [7, 11) is 0. The van der Waals surface area contributed by atoms with Gasteiger partial charge >= 0.3 is 0 Å². The van der Waals surface area contributed by atoms with Gasteiger partial charge in [0.25, 0.3) is 5.91 Å². The molecule has 0 spiro atoms. The van der Waals surface area contributed by atoms with Crippen LogP contribution in [0.5, 0.6) is 11.5 Å². The minimum atomic E-state index is -0.286. The number of rotatable bonds is 5. The van der Waals surface area contributed by atoms with E-state index in [0.29, 0.717) is 33.6 Å². The van der Waals surface area contributed by atoms with E-state index in [2.05, 4.69) is 10.3 Å². The van der Waals surface area contributed by atoms with Crippen LogP contribution in [0, 0.1) is 18.3 Å². The summed E-state index contributed by atoms with van der Waals surface area (Å²) >= 11 is 1.17. The molecule has 9 heteroatoms. The predicted molar refractivity (Wildman–Crippen MR) is 139 cm³/mol. The number of aryl methyl sites for hydroxylation is 1. The monoisotopic (exact) mass is 496 g/mol. The molecule has 178 valence electrons. The molecule has 0 aromatic heterocycles. The van der Waals surface area contributed by atoms with Crippen LogP contribution in [0.2, 0.25) is 0 Å². The van der Waals surface area contributed by atoms with Gasteiger partial charge in [0, 0.05) is 5.69 Å². The number of benzene rings is 3. The van der Waals surface area contributed by atoms with Crippen molar-refractivity contribution in [2.45, 2.75) is 6.92 Å². The molecule has 1 N–H and O–H groups in total. The Bertz CT molecular complexity index is 1440. The zero-order valence-electron chi connectivity index (χ0n) is 19.2. The van der Waals surface area contributed by atoms with Gasteiger partial charge in [-0.05, 0) is 67.1 Å². The average molecular weight is 497 g/mol. The van der Waals surface area contributed by atoms with E-state index in [1.807, 2.05) is 43.3 Å². The predicted octanol–water partition coefficient (Wildman–Crippen LogP) is 4.71. The second-order valence-corrected chi connectivity index (χ2v) is 8.98. The van der Waals surface area contributed by atoms with Gasteiger partial charge in [0.05, 0.1) is 23.1 Å². The smallest absolute Gasteiger partial charge is 0.283 e. The number of ether oxygens (including phenoxy) is 2. The number of carbonyl (C=O) groups excluding carboxylic acids is 2. The van der Waals surface area contributed by atoms with Crippen molar-refractivity contribution in [3.63, 3.8) is 0 Å². The van der Waals surface area contributed by atoms with Crippen molar-refractivity contribution < 1.29 is 19.1 Å². The van der Waals surface area contributed by atoms with E-state index < -0.39 is 0 Å². The molecule has 3 aromatic rings. The number of nitriles is 1. The van der Waals surface area contributed by atoms with Gasteiger partial charge in [-0.15, -0.1) is 0 Å². The second-order valence-electron chi connectivity index (χ2n) is 8.04. The first-order chi connectivity index (χ1) is 17.5. The first-order valence-electron chi connectivity index (χ1n) is 11.0. The number of carbonyl (C=O) groups is 2. The number of nitrogens with one attached hydrogen (secondary N) is 1. The number of fused-ring (bicyclic) bond motifs is 1. The number of thioether (sulfide) groups is 1. The van der Waals surface area contributed by atoms with Gasteiger partial charge in [-0.3, -0.25) is 14.5 Å². The van der Waals surface area contributed by atoms with E-state index in [-0.39, 0.29) is 30.1 Å². The molecule has 8 nitrogen and oxygen atoms in total. The van der Waals surface area contributed by atoms with E-state index >= 15 is 0 Å². The van der Waals surface area contributed by atoms with Crippen LogP contribution in [0.4, 0.5) is 11.4 Å². The molecule has 2 aliphatic heterocycles. The Labute approximate surface area is 211 Å². The Kier molecular flexibility index (Phi) is 6.43. The number of amidine groups is 1. The van der Waals surface area contributed by atoms with Crippen LogP contribution >= 0.6 is 11.8 Å². The second kappa shape index (κ2) is 9.98. The first kappa shape index (κ1) is 23.2. The number of hydrogen-bond donors (Lipinski definition) is 1. The van der Waals surface area contributed by atoms with Crippen LogP contribution in [0.1, 0.15) is 16.7 Å². The number of aliphatic imine (C=N–C) groups is 1. The van der Waals surface area contributed by atoms with Crippen molar-refractivity contribution >= 4 is 46.2 Å². The lowest BCUT2D eigenvalue weighted by atomic mass is 10.1.